The Morgan fingerprint density at radius 2 is 1.19 bits per heavy atom. The van der Waals surface area contributed by atoms with Gasteiger partial charge in [-0.2, -0.15) is 0 Å². The van der Waals surface area contributed by atoms with Crippen molar-refractivity contribution in [1.29, 1.82) is 0 Å². The summed E-state index contributed by atoms with van der Waals surface area (Å²) in [6.45, 7) is 28.8. The van der Waals surface area contributed by atoms with Crippen LogP contribution in [0.15, 0.2) is 6.07 Å². The lowest BCUT2D eigenvalue weighted by Gasteiger charge is -2.47. The number of rotatable bonds is 7. The highest BCUT2D eigenvalue weighted by molar-refractivity contribution is 6.00. The van der Waals surface area contributed by atoms with Gasteiger partial charge in [-0.25, -0.2) is 0 Å². The van der Waals surface area contributed by atoms with Crippen molar-refractivity contribution in [3.05, 3.63) is 28.3 Å². The summed E-state index contributed by atoms with van der Waals surface area (Å²) < 4.78 is 12.6. The Bertz CT molecular complexity index is 1140. The van der Waals surface area contributed by atoms with Crippen LogP contribution in [0.4, 0.5) is 0 Å². The molecule has 0 aliphatic carbocycles. The zero-order valence-electron chi connectivity index (χ0n) is 29.6. The number of aryl methyl sites for hydroxylation is 1. The first-order valence-electron chi connectivity index (χ1n) is 16.2. The number of piperidine rings is 2. The predicted molar refractivity (Wildman–Crippen MR) is 174 cm³/mol. The average Bonchev–Trinajstić information content (AvgIpc) is 2.76. The van der Waals surface area contributed by atoms with E-state index in [1.807, 2.05) is 26.8 Å². The number of hydrogen-bond donors (Lipinski definition) is 3. The molecule has 0 saturated carbocycles. The number of phenolic OH excluding ortho intramolecular Hbond substituents is 1. The second kappa shape index (κ2) is 11.7. The number of carbonyl (C=O) groups excluding carboxylic acids is 2. The van der Waals surface area contributed by atoms with Crippen molar-refractivity contribution in [2.24, 2.45) is 5.41 Å². The van der Waals surface area contributed by atoms with Crippen molar-refractivity contribution in [2.75, 3.05) is 0 Å². The van der Waals surface area contributed by atoms with Gasteiger partial charge in [0.2, 0.25) is 0 Å². The Morgan fingerprint density at radius 1 is 0.814 bits per heavy atom. The first kappa shape index (κ1) is 35.4. The highest BCUT2D eigenvalue weighted by atomic mass is 16.6. The summed E-state index contributed by atoms with van der Waals surface area (Å²) in [6, 6.07) is 1.99. The third kappa shape index (κ3) is 8.13. The third-order valence-corrected chi connectivity index (χ3v) is 9.42. The van der Waals surface area contributed by atoms with Crippen LogP contribution in [-0.2, 0) is 30.9 Å². The van der Waals surface area contributed by atoms with Crippen LogP contribution in [-0.4, -0.2) is 51.4 Å². The lowest BCUT2D eigenvalue weighted by molar-refractivity contribution is -0.183. The molecule has 2 fully saturated rings. The summed E-state index contributed by atoms with van der Waals surface area (Å²) in [7, 11) is 0. The maximum Gasteiger partial charge on any atom is 0.324 e. The third-order valence-electron chi connectivity index (χ3n) is 9.42. The van der Waals surface area contributed by atoms with E-state index in [0.717, 1.165) is 16.7 Å². The Morgan fingerprint density at radius 3 is 1.51 bits per heavy atom. The molecule has 2 saturated heterocycles. The standard InChI is InChI=1S/C36H60N2O5/c1-15-36(29(40)42-24-17-32(7,8)37-33(9,10)18-24,30(41)43-25-19-34(11,12)38-35(13,14)20-25)21-26-22(2)16-27(31(4,5)6)28(39)23(26)3/h16,24-25,37-39H,15,17-21H2,1-14H3. The van der Waals surface area contributed by atoms with E-state index in [4.69, 9.17) is 9.47 Å². The summed E-state index contributed by atoms with van der Waals surface area (Å²) in [4.78, 5) is 28.9. The number of ether oxygens (including phenoxy) is 2. The number of benzene rings is 1. The van der Waals surface area contributed by atoms with Crippen molar-refractivity contribution in [3.63, 3.8) is 0 Å². The van der Waals surface area contributed by atoms with Crippen molar-refractivity contribution < 1.29 is 24.2 Å². The van der Waals surface area contributed by atoms with Crippen LogP contribution in [0.1, 0.15) is 137 Å². The van der Waals surface area contributed by atoms with Crippen molar-refractivity contribution in [2.45, 2.75) is 175 Å². The largest absolute Gasteiger partial charge is 0.507 e. The summed E-state index contributed by atoms with van der Waals surface area (Å²) in [5, 5.41) is 18.6. The normalized spacial score (nSPS) is 22.2. The molecular weight excluding hydrogens is 540 g/mol. The van der Waals surface area contributed by atoms with Gasteiger partial charge in [0, 0.05) is 47.8 Å². The molecule has 0 unspecified atom stereocenters. The molecule has 0 amide bonds. The summed E-state index contributed by atoms with van der Waals surface area (Å²) >= 11 is 0. The molecular formula is C36H60N2O5. The van der Waals surface area contributed by atoms with Crippen LogP contribution >= 0.6 is 0 Å². The molecule has 3 rings (SSSR count). The van der Waals surface area contributed by atoms with Gasteiger partial charge >= 0.3 is 11.9 Å². The molecule has 2 aliphatic heterocycles. The van der Waals surface area contributed by atoms with E-state index in [0.29, 0.717) is 31.2 Å². The molecule has 0 aromatic heterocycles. The molecule has 43 heavy (non-hydrogen) atoms. The number of nitrogens with one attached hydrogen (secondary N) is 2. The fourth-order valence-corrected chi connectivity index (χ4v) is 7.95. The van der Waals surface area contributed by atoms with E-state index in [-0.39, 0.29) is 58.4 Å². The minimum Gasteiger partial charge on any atom is -0.507 e. The van der Waals surface area contributed by atoms with E-state index in [1.165, 1.54) is 0 Å². The summed E-state index contributed by atoms with van der Waals surface area (Å²) in [5.74, 6) is -0.864. The highest BCUT2D eigenvalue weighted by Gasteiger charge is 2.52. The van der Waals surface area contributed by atoms with Crippen LogP contribution in [0.5, 0.6) is 5.75 Å². The number of carbonyl (C=O) groups is 2. The van der Waals surface area contributed by atoms with Gasteiger partial charge in [0.15, 0.2) is 5.41 Å². The van der Waals surface area contributed by atoms with Crippen molar-refractivity contribution >= 4 is 11.9 Å². The van der Waals surface area contributed by atoms with Crippen molar-refractivity contribution in [1.82, 2.24) is 10.6 Å². The van der Waals surface area contributed by atoms with Crippen LogP contribution < -0.4 is 10.6 Å². The van der Waals surface area contributed by atoms with E-state index in [1.54, 1.807) is 0 Å². The van der Waals surface area contributed by atoms with Crippen LogP contribution in [0.3, 0.4) is 0 Å². The molecule has 2 heterocycles. The van der Waals surface area contributed by atoms with Crippen LogP contribution in [0.25, 0.3) is 0 Å². The molecule has 0 radical (unpaired) electrons. The molecule has 2 aliphatic rings. The lowest BCUT2D eigenvalue weighted by Crippen LogP contribution is -2.61. The maximum atomic E-state index is 14.4. The first-order valence-corrected chi connectivity index (χ1v) is 16.2. The fourth-order valence-electron chi connectivity index (χ4n) is 7.95. The quantitative estimate of drug-likeness (QED) is 0.230. The van der Waals surface area contributed by atoms with E-state index in [2.05, 4.69) is 86.8 Å². The second-order valence-electron chi connectivity index (χ2n) is 17.2. The highest BCUT2D eigenvalue weighted by Crippen LogP contribution is 2.42. The molecule has 0 atom stereocenters. The van der Waals surface area contributed by atoms with Gasteiger partial charge in [-0.05, 0) is 110 Å². The monoisotopic (exact) mass is 600 g/mol. The van der Waals surface area contributed by atoms with Gasteiger partial charge in [-0.3, -0.25) is 9.59 Å². The number of esters is 2. The van der Waals surface area contributed by atoms with Gasteiger partial charge < -0.3 is 25.2 Å². The predicted octanol–water partition coefficient (Wildman–Crippen LogP) is 6.95. The first-order chi connectivity index (χ1) is 19.3. The minimum absolute atomic E-state index is 0.103. The number of hydrogen-bond acceptors (Lipinski definition) is 7. The van der Waals surface area contributed by atoms with E-state index >= 15 is 0 Å². The van der Waals surface area contributed by atoms with Gasteiger partial charge in [0.05, 0.1) is 0 Å². The average molecular weight is 601 g/mol. The lowest BCUT2D eigenvalue weighted by atomic mass is 9.74. The van der Waals surface area contributed by atoms with Crippen molar-refractivity contribution in [3.8, 4) is 5.75 Å². The molecule has 0 bridgehead atoms. The Balaban J connectivity index is 2.07. The summed E-state index contributed by atoms with van der Waals surface area (Å²) in [6.07, 6.45) is 2.23. The molecule has 1 aromatic carbocycles. The Kier molecular flexibility index (Phi) is 9.59. The zero-order chi connectivity index (χ0) is 33.0. The van der Waals surface area contributed by atoms with Gasteiger partial charge in [0.1, 0.15) is 18.0 Å². The maximum absolute atomic E-state index is 14.4. The van der Waals surface area contributed by atoms with E-state index in [9.17, 15) is 14.7 Å². The second-order valence-corrected chi connectivity index (χ2v) is 17.2. The molecule has 1 aromatic rings. The van der Waals surface area contributed by atoms with Gasteiger partial charge in [-0.1, -0.05) is 33.8 Å². The zero-order valence-corrected chi connectivity index (χ0v) is 29.6. The van der Waals surface area contributed by atoms with E-state index < -0.39 is 17.4 Å². The van der Waals surface area contributed by atoms with Gasteiger partial charge in [0.25, 0.3) is 0 Å². The summed E-state index contributed by atoms with van der Waals surface area (Å²) in [5.41, 5.74) is 0.543. The van der Waals surface area contributed by atoms with Gasteiger partial charge in [-0.15, -0.1) is 0 Å². The SMILES string of the molecule is CCC(Cc1c(C)cc(C(C)(C)C)c(O)c1C)(C(=O)OC1CC(C)(C)NC(C)(C)C1)C(=O)OC1CC(C)(C)NC(C)(C)C1. The number of aromatic hydroxyl groups is 1. The van der Waals surface area contributed by atoms with Crippen LogP contribution in [0.2, 0.25) is 0 Å². The van der Waals surface area contributed by atoms with Crippen LogP contribution in [0, 0.1) is 19.3 Å². The molecule has 244 valence electrons. The molecule has 7 nitrogen and oxygen atoms in total. The molecule has 7 heteroatoms. The molecule has 3 N–H and O–H groups in total. The molecule has 0 spiro atoms. The Hall–Kier alpha value is -2.12. The fraction of sp³-hybridized carbons (Fsp3) is 0.778. The minimum atomic E-state index is -1.55. The smallest absolute Gasteiger partial charge is 0.324 e. The number of phenols is 1. The Labute approximate surface area is 261 Å². The topological polar surface area (TPSA) is 96.9 Å².